The van der Waals surface area contributed by atoms with Crippen LogP contribution >= 0.6 is 22.7 Å². The Hall–Kier alpha value is -0.600. The van der Waals surface area contributed by atoms with Crippen molar-refractivity contribution in [3.05, 3.63) is 43.8 Å². The van der Waals surface area contributed by atoms with Crippen LogP contribution in [0.2, 0.25) is 0 Å². The molecule has 0 aliphatic carbocycles. The molecule has 0 saturated heterocycles. The number of rotatable bonds is 2. The van der Waals surface area contributed by atoms with E-state index in [1.165, 1.54) is 20.2 Å². The minimum atomic E-state index is 1.11. The zero-order valence-corrected chi connectivity index (χ0v) is 9.47. The summed E-state index contributed by atoms with van der Waals surface area (Å²) in [6, 6.07) is 6.70. The summed E-state index contributed by atoms with van der Waals surface area (Å²) in [4.78, 5) is 4.35. The first-order valence-electron chi connectivity index (χ1n) is 4.33. The molecule has 0 atom stereocenters. The van der Waals surface area contributed by atoms with Gasteiger partial charge in [-0.05, 0) is 43.0 Å². The Morgan fingerprint density at radius 1 is 1.15 bits per heavy atom. The van der Waals surface area contributed by atoms with Gasteiger partial charge in [-0.25, -0.2) is 0 Å². The van der Waals surface area contributed by atoms with E-state index in [0.29, 0.717) is 0 Å². The fourth-order valence-electron chi connectivity index (χ4n) is 1.34. The van der Waals surface area contributed by atoms with Crippen molar-refractivity contribution < 1.29 is 0 Å². The van der Waals surface area contributed by atoms with Gasteiger partial charge < -0.3 is 0 Å². The highest BCUT2D eigenvalue weighted by Gasteiger charge is 2.00. The molecule has 2 heteroatoms. The molecule has 0 saturated carbocycles. The van der Waals surface area contributed by atoms with Crippen LogP contribution in [0.3, 0.4) is 0 Å². The molecule has 0 aliphatic rings. The van der Waals surface area contributed by atoms with E-state index in [0.717, 1.165) is 6.42 Å². The van der Waals surface area contributed by atoms with Crippen molar-refractivity contribution >= 4 is 22.7 Å². The van der Waals surface area contributed by atoms with Crippen LogP contribution in [0.25, 0.3) is 0 Å². The standard InChI is InChI=1S/C11H12S2/c1-8-5-11(12-7-8)6-10-4-3-9(2)13-10/h3-5,7H,6H2,1-2H3. The summed E-state index contributed by atoms with van der Waals surface area (Å²) in [5.41, 5.74) is 1.38. The topological polar surface area (TPSA) is 0 Å². The van der Waals surface area contributed by atoms with Gasteiger partial charge in [0.25, 0.3) is 0 Å². The Morgan fingerprint density at radius 3 is 2.54 bits per heavy atom. The van der Waals surface area contributed by atoms with Crippen molar-refractivity contribution in [3.63, 3.8) is 0 Å². The Kier molecular flexibility index (Phi) is 2.51. The molecule has 0 spiro atoms. The molecule has 0 bridgehead atoms. The molecule has 2 heterocycles. The van der Waals surface area contributed by atoms with Crippen molar-refractivity contribution in [2.24, 2.45) is 0 Å². The van der Waals surface area contributed by atoms with E-state index < -0.39 is 0 Å². The van der Waals surface area contributed by atoms with Gasteiger partial charge in [0.2, 0.25) is 0 Å². The van der Waals surface area contributed by atoms with Gasteiger partial charge >= 0.3 is 0 Å². The predicted octanol–water partition coefficient (Wildman–Crippen LogP) is 4.02. The largest absolute Gasteiger partial charge is 0.148 e. The first kappa shape index (κ1) is 8.97. The van der Waals surface area contributed by atoms with Gasteiger partial charge in [-0.3, -0.25) is 0 Å². The molecule has 0 fully saturated rings. The van der Waals surface area contributed by atoms with E-state index in [-0.39, 0.29) is 0 Å². The van der Waals surface area contributed by atoms with Gasteiger partial charge in [-0.15, -0.1) is 22.7 Å². The Labute approximate surface area is 86.9 Å². The van der Waals surface area contributed by atoms with Crippen molar-refractivity contribution in [1.82, 2.24) is 0 Å². The number of thiophene rings is 2. The van der Waals surface area contributed by atoms with E-state index in [4.69, 9.17) is 0 Å². The Balaban J connectivity index is 2.14. The van der Waals surface area contributed by atoms with E-state index in [9.17, 15) is 0 Å². The third kappa shape index (κ3) is 2.20. The van der Waals surface area contributed by atoms with Crippen LogP contribution in [0.15, 0.2) is 23.6 Å². The average molecular weight is 208 g/mol. The van der Waals surface area contributed by atoms with Crippen LogP contribution in [0, 0.1) is 13.8 Å². The van der Waals surface area contributed by atoms with Crippen molar-refractivity contribution in [2.45, 2.75) is 20.3 Å². The monoisotopic (exact) mass is 208 g/mol. The van der Waals surface area contributed by atoms with Crippen LogP contribution < -0.4 is 0 Å². The summed E-state index contributed by atoms with van der Waals surface area (Å²) in [7, 11) is 0. The summed E-state index contributed by atoms with van der Waals surface area (Å²) < 4.78 is 0. The van der Waals surface area contributed by atoms with E-state index in [2.05, 4.69) is 37.4 Å². The summed E-state index contributed by atoms with van der Waals surface area (Å²) in [6.07, 6.45) is 1.11. The third-order valence-corrected chi connectivity index (χ3v) is 3.98. The average Bonchev–Trinajstić information content (AvgIpc) is 2.62. The first-order valence-corrected chi connectivity index (χ1v) is 6.03. The lowest BCUT2D eigenvalue weighted by atomic mass is 10.2. The summed E-state index contributed by atoms with van der Waals surface area (Å²) in [6.45, 7) is 4.31. The van der Waals surface area contributed by atoms with Crippen LogP contribution in [-0.2, 0) is 6.42 Å². The second kappa shape index (κ2) is 3.64. The first-order chi connectivity index (χ1) is 6.24. The van der Waals surface area contributed by atoms with Crippen LogP contribution in [-0.4, -0.2) is 0 Å². The van der Waals surface area contributed by atoms with Gasteiger partial charge in [0.1, 0.15) is 0 Å². The second-order valence-electron chi connectivity index (χ2n) is 3.28. The molecule has 13 heavy (non-hydrogen) atoms. The highest BCUT2D eigenvalue weighted by Crippen LogP contribution is 2.22. The van der Waals surface area contributed by atoms with Crippen molar-refractivity contribution in [1.29, 1.82) is 0 Å². The molecule has 0 nitrogen and oxygen atoms in total. The predicted molar refractivity (Wildman–Crippen MR) is 60.9 cm³/mol. The van der Waals surface area contributed by atoms with E-state index in [1.54, 1.807) is 0 Å². The molecule has 0 radical (unpaired) electrons. The number of hydrogen-bond acceptors (Lipinski definition) is 2. The summed E-state index contributed by atoms with van der Waals surface area (Å²) >= 11 is 3.76. The van der Waals surface area contributed by atoms with Crippen LogP contribution in [0.5, 0.6) is 0 Å². The molecular weight excluding hydrogens is 196 g/mol. The molecule has 2 aromatic heterocycles. The van der Waals surface area contributed by atoms with Crippen LogP contribution in [0.1, 0.15) is 20.2 Å². The zero-order valence-electron chi connectivity index (χ0n) is 7.83. The van der Waals surface area contributed by atoms with Gasteiger partial charge in [0.05, 0.1) is 0 Å². The minimum absolute atomic E-state index is 1.11. The molecule has 2 rings (SSSR count). The highest BCUT2D eigenvalue weighted by molar-refractivity contribution is 7.12. The SMILES string of the molecule is Cc1csc(Cc2ccc(C)s2)c1. The highest BCUT2D eigenvalue weighted by atomic mass is 32.1. The normalized spacial score (nSPS) is 10.6. The number of aryl methyl sites for hydroxylation is 2. The Morgan fingerprint density at radius 2 is 2.00 bits per heavy atom. The van der Waals surface area contributed by atoms with Gasteiger partial charge in [0.15, 0.2) is 0 Å². The maximum atomic E-state index is 2.28. The molecular formula is C11H12S2. The molecule has 0 N–H and O–H groups in total. The molecule has 2 aromatic rings. The van der Waals surface area contributed by atoms with Gasteiger partial charge in [0, 0.05) is 21.1 Å². The lowest BCUT2D eigenvalue weighted by Gasteiger charge is -1.91. The zero-order chi connectivity index (χ0) is 9.26. The minimum Gasteiger partial charge on any atom is -0.148 e. The van der Waals surface area contributed by atoms with E-state index >= 15 is 0 Å². The fourth-order valence-corrected chi connectivity index (χ4v) is 3.24. The van der Waals surface area contributed by atoms with Gasteiger partial charge in [-0.2, -0.15) is 0 Å². The van der Waals surface area contributed by atoms with Crippen molar-refractivity contribution in [2.75, 3.05) is 0 Å². The Bertz CT molecular complexity index is 357. The lowest BCUT2D eigenvalue weighted by Crippen LogP contribution is -1.76. The summed E-state index contributed by atoms with van der Waals surface area (Å²) in [5.74, 6) is 0. The van der Waals surface area contributed by atoms with Gasteiger partial charge in [-0.1, -0.05) is 0 Å². The molecule has 0 amide bonds. The second-order valence-corrected chi connectivity index (χ2v) is 5.65. The molecule has 68 valence electrons. The number of hydrogen-bond donors (Lipinski definition) is 0. The smallest absolute Gasteiger partial charge is 0.0163 e. The fraction of sp³-hybridized carbons (Fsp3) is 0.273. The third-order valence-electron chi connectivity index (χ3n) is 1.93. The summed E-state index contributed by atoms with van der Waals surface area (Å²) in [5, 5.41) is 2.22. The quantitative estimate of drug-likeness (QED) is 0.699. The van der Waals surface area contributed by atoms with Crippen LogP contribution in [0.4, 0.5) is 0 Å². The van der Waals surface area contributed by atoms with E-state index in [1.807, 2.05) is 22.7 Å². The molecule has 0 aliphatic heterocycles. The molecule has 0 aromatic carbocycles. The van der Waals surface area contributed by atoms with Crippen molar-refractivity contribution in [3.8, 4) is 0 Å². The molecule has 0 unspecified atom stereocenters. The maximum absolute atomic E-state index is 2.28. The lowest BCUT2D eigenvalue weighted by molar-refractivity contribution is 1.30. The maximum Gasteiger partial charge on any atom is 0.0163 e.